The maximum absolute atomic E-state index is 13.3. The van der Waals surface area contributed by atoms with Gasteiger partial charge in [-0.15, -0.1) is 0 Å². The van der Waals surface area contributed by atoms with Crippen LogP contribution in [0.15, 0.2) is 46.2 Å². The number of amides is 1. The van der Waals surface area contributed by atoms with Crippen molar-refractivity contribution in [2.24, 2.45) is 11.1 Å². The predicted octanol–water partition coefficient (Wildman–Crippen LogP) is 1.45. The number of benzene rings is 1. The van der Waals surface area contributed by atoms with E-state index >= 15 is 0 Å². The zero-order chi connectivity index (χ0) is 37.3. The summed E-state index contributed by atoms with van der Waals surface area (Å²) in [4.78, 5) is 43.5. The minimum Gasteiger partial charge on any atom is -0.618 e. The first-order valence-electron chi connectivity index (χ1n) is 16.4. The normalized spacial score (nSPS) is 19.4. The summed E-state index contributed by atoms with van der Waals surface area (Å²) in [6.45, 7) is 11.9. The highest BCUT2D eigenvalue weighted by atomic mass is 79.9. The SMILES string of the molecule is CCO/N=C(/c1ccc(Br)cc1)C1CCN(C2(C)CCN(C(=O)c3c(C)cc[n+]([O-])c3C)CC2)CC1.O=C(O)C(O)C(O)C(O)C(O)C(=O)O. The van der Waals surface area contributed by atoms with Crippen molar-refractivity contribution in [1.29, 1.82) is 0 Å². The molecule has 276 valence electrons. The van der Waals surface area contributed by atoms with Gasteiger partial charge in [-0.1, -0.05) is 33.2 Å². The molecule has 1 aromatic carbocycles. The van der Waals surface area contributed by atoms with E-state index in [0.29, 0.717) is 36.9 Å². The van der Waals surface area contributed by atoms with Gasteiger partial charge in [-0.05, 0) is 82.8 Å². The molecule has 1 amide bonds. The number of aromatic nitrogens is 1. The van der Waals surface area contributed by atoms with Crippen LogP contribution >= 0.6 is 15.9 Å². The molecule has 2 aromatic rings. The molecule has 0 saturated carbocycles. The van der Waals surface area contributed by atoms with Crippen molar-refractivity contribution in [2.75, 3.05) is 32.8 Å². The van der Waals surface area contributed by atoms with Gasteiger partial charge >= 0.3 is 11.9 Å². The molecular weight excluding hydrogens is 720 g/mol. The Balaban J connectivity index is 0.000000409. The average molecular weight is 768 g/mol. The Bertz CT molecular complexity index is 1480. The van der Waals surface area contributed by atoms with Crippen LogP contribution in [0.2, 0.25) is 0 Å². The fraction of sp³-hybridized carbons (Fsp3) is 0.559. The topological polar surface area (TPSA) is 228 Å². The predicted molar refractivity (Wildman–Crippen MR) is 184 cm³/mol. The Kier molecular flexibility index (Phi) is 14.7. The summed E-state index contributed by atoms with van der Waals surface area (Å²) in [5.74, 6) is -3.34. The number of carbonyl (C=O) groups excluding carboxylic acids is 1. The zero-order valence-electron chi connectivity index (χ0n) is 28.6. The van der Waals surface area contributed by atoms with E-state index in [9.17, 15) is 19.6 Å². The van der Waals surface area contributed by atoms with E-state index < -0.39 is 36.4 Å². The summed E-state index contributed by atoms with van der Waals surface area (Å²) in [5.41, 5.74) is 4.11. The number of carboxylic acid groups (broad SMARTS) is 2. The standard InChI is InChI=1S/C28H37BrN4O3.C6H10O8/c1-5-36-30-26(22-6-8-24(29)9-7-22)23-11-15-32(16-12-23)28(4)13-18-31(19-14-28)27(34)25-20(2)10-17-33(35)21(25)3;7-1(3(9)5(11)12)2(8)4(10)6(13)14/h6-10,17,23H,5,11-16,18-19H2,1-4H3;1-4,7-10H,(H,11,12)(H,13,14)/b30-26-;. The van der Waals surface area contributed by atoms with Gasteiger partial charge in [-0.2, -0.15) is 4.73 Å². The number of rotatable bonds is 11. The van der Waals surface area contributed by atoms with Gasteiger partial charge in [0.15, 0.2) is 18.4 Å². The lowest BCUT2D eigenvalue weighted by atomic mass is 9.82. The third kappa shape index (κ3) is 9.98. The van der Waals surface area contributed by atoms with Crippen LogP contribution in [0.3, 0.4) is 0 Å². The molecule has 4 unspecified atom stereocenters. The maximum Gasteiger partial charge on any atom is 0.335 e. The summed E-state index contributed by atoms with van der Waals surface area (Å²) in [5, 5.41) is 68.0. The molecule has 4 rings (SSSR count). The van der Waals surface area contributed by atoms with Gasteiger partial charge in [0.25, 0.3) is 5.91 Å². The number of halogens is 1. The average Bonchev–Trinajstić information content (AvgIpc) is 3.10. The number of carboxylic acids is 2. The van der Waals surface area contributed by atoms with Crippen molar-refractivity contribution in [3.8, 4) is 0 Å². The number of hydrogen-bond donors (Lipinski definition) is 6. The second-order valence-corrected chi connectivity index (χ2v) is 13.7. The summed E-state index contributed by atoms with van der Waals surface area (Å²) in [6, 6.07) is 10.0. The fourth-order valence-electron chi connectivity index (χ4n) is 6.24. The molecule has 16 heteroatoms. The van der Waals surface area contributed by atoms with Gasteiger partial charge in [0.05, 0.1) is 5.71 Å². The van der Waals surface area contributed by atoms with Crippen molar-refractivity contribution in [2.45, 2.75) is 83.3 Å². The van der Waals surface area contributed by atoms with Crippen molar-refractivity contribution in [3.05, 3.63) is 68.6 Å². The van der Waals surface area contributed by atoms with Gasteiger partial charge in [-0.25, -0.2) is 9.59 Å². The molecule has 2 fully saturated rings. The largest absolute Gasteiger partial charge is 0.618 e. The number of aliphatic hydroxyl groups is 4. The number of hydrogen-bond acceptors (Lipinski definition) is 11. The van der Waals surface area contributed by atoms with Gasteiger partial charge in [0.1, 0.15) is 24.4 Å². The second-order valence-electron chi connectivity index (χ2n) is 12.8. The molecule has 2 saturated heterocycles. The van der Waals surface area contributed by atoms with Crippen LogP contribution in [0.25, 0.3) is 0 Å². The van der Waals surface area contributed by atoms with Crippen molar-refractivity contribution < 1.29 is 54.6 Å². The summed E-state index contributed by atoms with van der Waals surface area (Å²) >= 11 is 3.52. The van der Waals surface area contributed by atoms with Crippen LogP contribution in [-0.4, -0.2) is 127 Å². The fourth-order valence-corrected chi connectivity index (χ4v) is 6.50. The lowest BCUT2D eigenvalue weighted by Gasteiger charge is -2.49. The number of aliphatic hydroxyl groups excluding tert-OH is 4. The Labute approximate surface area is 299 Å². The molecule has 0 radical (unpaired) electrons. The highest BCUT2D eigenvalue weighted by molar-refractivity contribution is 9.10. The highest BCUT2D eigenvalue weighted by Crippen LogP contribution is 2.34. The summed E-state index contributed by atoms with van der Waals surface area (Å²) < 4.78 is 1.84. The van der Waals surface area contributed by atoms with Crippen LogP contribution in [0.5, 0.6) is 0 Å². The molecule has 1 aromatic heterocycles. The van der Waals surface area contributed by atoms with Gasteiger partial charge in [0, 0.05) is 42.0 Å². The highest BCUT2D eigenvalue weighted by Gasteiger charge is 2.40. The Morgan fingerprint density at radius 2 is 1.48 bits per heavy atom. The summed E-state index contributed by atoms with van der Waals surface area (Å²) in [7, 11) is 0. The van der Waals surface area contributed by atoms with Gasteiger partial charge < -0.3 is 45.6 Å². The number of aliphatic carboxylic acids is 2. The molecular formula is C34H47BrN4O11. The lowest BCUT2D eigenvalue weighted by molar-refractivity contribution is -0.612. The smallest absolute Gasteiger partial charge is 0.335 e. The van der Waals surface area contributed by atoms with E-state index in [0.717, 1.165) is 64.8 Å². The molecule has 3 heterocycles. The van der Waals surface area contributed by atoms with E-state index in [1.807, 2.05) is 18.7 Å². The molecule has 2 aliphatic heterocycles. The van der Waals surface area contributed by atoms with Crippen molar-refractivity contribution in [1.82, 2.24) is 9.80 Å². The van der Waals surface area contributed by atoms with E-state index in [-0.39, 0.29) is 11.4 Å². The molecule has 2 aliphatic rings. The number of pyridine rings is 1. The maximum atomic E-state index is 13.3. The number of piperidine rings is 2. The minimum absolute atomic E-state index is 0.0257. The van der Waals surface area contributed by atoms with Crippen LogP contribution in [-0.2, 0) is 14.4 Å². The van der Waals surface area contributed by atoms with Crippen molar-refractivity contribution in [3.63, 3.8) is 0 Å². The van der Waals surface area contributed by atoms with E-state index in [4.69, 9.17) is 35.5 Å². The lowest BCUT2D eigenvalue weighted by Crippen LogP contribution is -2.57. The third-order valence-corrected chi connectivity index (χ3v) is 10.00. The number of aryl methyl sites for hydroxylation is 1. The summed E-state index contributed by atoms with van der Waals surface area (Å²) in [6.07, 6.45) is -3.88. The van der Waals surface area contributed by atoms with Crippen LogP contribution in [0.1, 0.15) is 66.7 Å². The molecule has 15 nitrogen and oxygen atoms in total. The number of carbonyl (C=O) groups is 3. The molecule has 6 N–H and O–H groups in total. The van der Waals surface area contributed by atoms with E-state index in [1.165, 1.54) is 6.20 Å². The number of oxime groups is 1. The molecule has 4 atom stereocenters. The van der Waals surface area contributed by atoms with E-state index in [1.54, 1.807) is 13.0 Å². The first kappa shape index (κ1) is 40.8. The Morgan fingerprint density at radius 1 is 0.960 bits per heavy atom. The monoisotopic (exact) mass is 766 g/mol. The Morgan fingerprint density at radius 3 is 1.96 bits per heavy atom. The zero-order valence-corrected chi connectivity index (χ0v) is 30.2. The van der Waals surface area contributed by atoms with Crippen molar-refractivity contribution >= 4 is 39.5 Å². The molecule has 50 heavy (non-hydrogen) atoms. The first-order valence-corrected chi connectivity index (χ1v) is 17.2. The van der Waals surface area contributed by atoms with Crippen LogP contribution in [0, 0.1) is 25.0 Å². The van der Waals surface area contributed by atoms with Gasteiger partial charge in [0.2, 0.25) is 5.69 Å². The first-order chi connectivity index (χ1) is 23.5. The van der Waals surface area contributed by atoms with Crippen LogP contribution < -0.4 is 4.73 Å². The Hall–Kier alpha value is -3.67. The molecule has 0 spiro atoms. The minimum atomic E-state index is -2.36. The molecule has 0 bridgehead atoms. The number of nitrogens with zero attached hydrogens (tertiary/aromatic N) is 4. The number of likely N-dealkylation sites (tertiary alicyclic amines) is 2. The van der Waals surface area contributed by atoms with E-state index in [2.05, 4.69) is 57.2 Å². The van der Waals surface area contributed by atoms with Crippen LogP contribution in [0.4, 0.5) is 0 Å². The molecule has 0 aliphatic carbocycles. The van der Waals surface area contributed by atoms with Gasteiger partial charge in [-0.3, -0.25) is 9.69 Å². The third-order valence-electron chi connectivity index (χ3n) is 9.47. The quantitative estimate of drug-likeness (QED) is 0.0827. The second kappa shape index (κ2) is 18.0.